The van der Waals surface area contributed by atoms with Crippen LogP contribution in [0.2, 0.25) is 5.02 Å². The lowest BCUT2D eigenvalue weighted by atomic mass is 10.1. The molecule has 4 aromatic rings. The monoisotopic (exact) mass is 418 g/mol. The summed E-state index contributed by atoms with van der Waals surface area (Å²) in [5.41, 5.74) is 0.652. The third kappa shape index (κ3) is 4.56. The smallest absolute Gasteiger partial charge is 0.345 e. The first kappa shape index (κ1) is 19.8. The van der Waals surface area contributed by atoms with Gasteiger partial charge < -0.3 is 14.6 Å². The number of fused-ring (bicyclic) bond motifs is 1. The fraction of sp³-hybridized carbons (Fsp3) is 0.0800. The third-order valence-electron chi connectivity index (χ3n) is 4.69. The van der Waals surface area contributed by atoms with Gasteiger partial charge in [-0.1, -0.05) is 66.2 Å². The van der Waals surface area contributed by atoms with Crippen LogP contribution in [0, 0.1) is 0 Å². The Kier molecular flexibility index (Phi) is 5.87. The van der Waals surface area contributed by atoms with Crippen LogP contribution >= 0.6 is 11.6 Å². The van der Waals surface area contributed by atoms with E-state index < -0.39 is 12.1 Å². The Morgan fingerprint density at radius 1 is 0.867 bits per heavy atom. The van der Waals surface area contributed by atoms with Crippen LogP contribution in [0.25, 0.3) is 10.8 Å². The standard InChI is InChI=1S/C25H19ClO4/c26-19-13-14-22(29-20-9-2-1-3-10-20)18(15-19)16-24(25(27)28)30-23-12-6-8-17-7-4-5-11-21(17)23/h1-15,24H,16H2,(H,27,28)/t24-/m1/s1. The Labute approximate surface area is 179 Å². The highest BCUT2D eigenvalue weighted by Crippen LogP contribution is 2.31. The second-order valence-corrected chi connectivity index (χ2v) is 7.23. The van der Waals surface area contributed by atoms with Crippen molar-refractivity contribution in [2.24, 2.45) is 0 Å². The van der Waals surface area contributed by atoms with E-state index in [4.69, 9.17) is 21.1 Å². The molecule has 0 aromatic heterocycles. The van der Waals surface area contributed by atoms with E-state index in [2.05, 4.69) is 0 Å². The minimum absolute atomic E-state index is 0.0985. The highest BCUT2D eigenvalue weighted by Gasteiger charge is 2.23. The Morgan fingerprint density at radius 3 is 2.40 bits per heavy atom. The maximum atomic E-state index is 12.0. The van der Waals surface area contributed by atoms with Crippen LogP contribution in [0.3, 0.4) is 0 Å². The largest absolute Gasteiger partial charge is 0.478 e. The summed E-state index contributed by atoms with van der Waals surface area (Å²) in [7, 11) is 0. The molecule has 0 heterocycles. The molecule has 0 aliphatic carbocycles. The lowest BCUT2D eigenvalue weighted by Gasteiger charge is -2.19. The van der Waals surface area contributed by atoms with Crippen molar-refractivity contribution in [2.45, 2.75) is 12.5 Å². The maximum absolute atomic E-state index is 12.0. The first-order chi connectivity index (χ1) is 14.6. The molecule has 0 saturated carbocycles. The molecule has 4 nitrogen and oxygen atoms in total. The Balaban J connectivity index is 1.63. The van der Waals surface area contributed by atoms with Crippen LogP contribution in [0.4, 0.5) is 0 Å². The lowest BCUT2D eigenvalue weighted by Crippen LogP contribution is -2.29. The number of para-hydroxylation sites is 1. The maximum Gasteiger partial charge on any atom is 0.345 e. The van der Waals surface area contributed by atoms with Crippen molar-refractivity contribution in [3.8, 4) is 17.2 Å². The van der Waals surface area contributed by atoms with Gasteiger partial charge in [0.15, 0.2) is 6.10 Å². The number of carboxylic acid groups (broad SMARTS) is 1. The van der Waals surface area contributed by atoms with Crippen molar-refractivity contribution in [2.75, 3.05) is 0 Å². The summed E-state index contributed by atoms with van der Waals surface area (Å²) < 4.78 is 11.9. The predicted octanol–water partition coefficient (Wildman–Crippen LogP) is 6.36. The van der Waals surface area contributed by atoms with Gasteiger partial charge in [0.1, 0.15) is 17.2 Å². The zero-order valence-electron chi connectivity index (χ0n) is 16.0. The zero-order valence-corrected chi connectivity index (χ0v) is 16.8. The Bertz CT molecular complexity index is 1170. The Hall–Kier alpha value is -3.50. The lowest BCUT2D eigenvalue weighted by molar-refractivity contribution is -0.144. The van der Waals surface area contributed by atoms with Crippen LogP contribution in [0.1, 0.15) is 5.56 Å². The molecule has 0 aliphatic heterocycles. The van der Waals surface area contributed by atoms with E-state index in [1.54, 1.807) is 24.3 Å². The summed E-state index contributed by atoms with van der Waals surface area (Å²) in [4.78, 5) is 12.0. The fourth-order valence-corrected chi connectivity index (χ4v) is 3.45. The molecule has 0 saturated heterocycles. The van der Waals surface area contributed by atoms with Crippen LogP contribution < -0.4 is 9.47 Å². The summed E-state index contributed by atoms with van der Waals surface area (Å²) in [5.74, 6) is 0.655. The van der Waals surface area contributed by atoms with Gasteiger partial charge in [0.25, 0.3) is 0 Å². The molecule has 0 spiro atoms. The van der Waals surface area contributed by atoms with Gasteiger partial charge in [-0.15, -0.1) is 0 Å². The van der Waals surface area contributed by atoms with Gasteiger partial charge in [0.05, 0.1) is 0 Å². The van der Waals surface area contributed by atoms with Crippen LogP contribution in [-0.2, 0) is 11.2 Å². The number of carbonyl (C=O) groups is 1. The van der Waals surface area contributed by atoms with E-state index in [9.17, 15) is 9.90 Å². The second kappa shape index (κ2) is 8.89. The molecule has 0 radical (unpaired) electrons. The molecular formula is C25H19ClO4. The number of benzene rings is 4. The molecule has 4 rings (SSSR count). The van der Waals surface area contributed by atoms with E-state index in [0.717, 1.165) is 10.8 Å². The summed E-state index contributed by atoms with van der Waals surface area (Å²) in [5, 5.41) is 12.2. The first-order valence-electron chi connectivity index (χ1n) is 9.49. The average molecular weight is 419 g/mol. The topological polar surface area (TPSA) is 55.8 Å². The fourth-order valence-electron chi connectivity index (χ4n) is 3.25. The van der Waals surface area contributed by atoms with Crippen molar-refractivity contribution in [1.29, 1.82) is 0 Å². The summed E-state index contributed by atoms with van der Waals surface area (Å²) in [6, 6.07) is 27.7. The van der Waals surface area contributed by atoms with Gasteiger partial charge in [-0.2, -0.15) is 0 Å². The number of aliphatic carboxylic acids is 1. The molecular weight excluding hydrogens is 400 g/mol. The second-order valence-electron chi connectivity index (χ2n) is 6.79. The number of rotatable bonds is 7. The highest BCUT2D eigenvalue weighted by atomic mass is 35.5. The predicted molar refractivity (Wildman–Crippen MR) is 118 cm³/mol. The van der Waals surface area contributed by atoms with Gasteiger partial charge >= 0.3 is 5.97 Å². The van der Waals surface area contributed by atoms with Gasteiger partial charge in [0, 0.05) is 22.4 Å². The van der Waals surface area contributed by atoms with Crippen LogP contribution in [0.5, 0.6) is 17.2 Å². The summed E-state index contributed by atoms with van der Waals surface area (Å²) >= 11 is 6.18. The molecule has 0 aliphatic rings. The SMILES string of the molecule is O=C(O)[C@@H](Cc1cc(Cl)ccc1Oc1ccccc1)Oc1cccc2ccccc12. The van der Waals surface area contributed by atoms with E-state index in [1.807, 2.05) is 66.7 Å². The average Bonchev–Trinajstić information content (AvgIpc) is 2.76. The number of ether oxygens (including phenoxy) is 2. The summed E-state index contributed by atoms with van der Waals surface area (Å²) in [6.07, 6.45) is -1.01. The van der Waals surface area contributed by atoms with Crippen molar-refractivity contribution in [3.63, 3.8) is 0 Å². The van der Waals surface area contributed by atoms with Crippen molar-refractivity contribution >= 4 is 28.3 Å². The number of hydrogen-bond donors (Lipinski definition) is 1. The van der Waals surface area contributed by atoms with Gasteiger partial charge in [-0.25, -0.2) is 4.79 Å². The highest BCUT2D eigenvalue weighted by molar-refractivity contribution is 6.30. The van der Waals surface area contributed by atoms with E-state index in [0.29, 0.717) is 27.8 Å². The molecule has 0 unspecified atom stereocenters. The number of carboxylic acids is 1. The zero-order chi connectivity index (χ0) is 20.9. The number of hydrogen-bond acceptors (Lipinski definition) is 3. The van der Waals surface area contributed by atoms with Gasteiger partial charge in [-0.05, 0) is 41.8 Å². The van der Waals surface area contributed by atoms with E-state index in [1.165, 1.54) is 0 Å². The van der Waals surface area contributed by atoms with E-state index >= 15 is 0 Å². The third-order valence-corrected chi connectivity index (χ3v) is 4.93. The molecule has 0 amide bonds. The van der Waals surface area contributed by atoms with Crippen LogP contribution in [0.15, 0.2) is 91.0 Å². The molecule has 0 bridgehead atoms. The quantitative estimate of drug-likeness (QED) is 0.379. The van der Waals surface area contributed by atoms with Crippen molar-refractivity contribution < 1.29 is 19.4 Å². The molecule has 4 aromatic carbocycles. The molecule has 1 atom stereocenters. The molecule has 30 heavy (non-hydrogen) atoms. The van der Waals surface area contributed by atoms with Crippen molar-refractivity contribution in [1.82, 2.24) is 0 Å². The molecule has 5 heteroatoms. The first-order valence-corrected chi connectivity index (χ1v) is 9.86. The van der Waals surface area contributed by atoms with E-state index in [-0.39, 0.29) is 6.42 Å². The minimum Gasteiger partial charge on any atom is -0.478 e. The van der Waals surface area contributed by atoms with Crippen molar-refractivity contribution in [3.05, 3.63) is 102 Å². The Morgan fingerprint density at radius 2 is 1.60 bits per heavy atom. The molecule has 150 valence electrons. The number of halogens is 1. The van der Waals surface area contributed by atoms with Gasteiger partial charge in [-0.3, -0.25) is 0 Å². The van der Waals surface area contributed by atoms with Gasteiger partial charge in [0.2, 0.25) is 0 Å². The normalized spacial score (nSPS) is 11.8. The molecule has 0 fully saturated rings. The van der Waals surface area contributed by atoms with Crippen LogP contribution in [-0.4, -0.2) is 17.2 Å². The summed E-state index contributed by atoms with van der Waals surface area (Å²) in [6.45, 7) is 0. The minimum atomic E-state index is -1.10. The molecule has 1 N–H and O–H groups in total.